The Hall–Kier alpha value is -1.31. The van der Waals surface area contributed by atoms with E-state index in [1.807, 2.05) is 12.1 Å². The number of rotatable bonds is 19. The number of nitrogen functional groups attached to an aromatic ring is 1. The average Bonchev–Trinajstić information content (AvgIpc) is 3.50. The summed E-state index contributed by atoms with van der Waals surface area (Å²) >= 11 is 0. The Morgan fingerprint density at radius 1 is 0.971 bits per heavy atom. The van der Waals surface area contributed by atoms with Crippen LogP contribution < -0.4 is 5.73 Å². The van der Waals surface area contributed by atoms with Crippen LogP contribution in [0.2, 0.25) is 0 Å². The predicted molar refractivity (Wildman–Crippen MR) is 141 cm³/mol. The van der Waals surface area contributed by atoms with Crippen molar-refractivity contribution in [3.63, 3.8) is 0 Å². The van der Waals surface area contributed by atoms with Crippen LogP contribution >= 0.6 is 8.60 Å². The Kier molecular flexibility index (Phi) is 13.3. The normalized spacial score (nSPS) is 19.0. The summed E-state index contributed by atoms with van der Waals surface area (Å²) in [6.07, 6.45) is 20.1. The van der Waals surface area contributed by atoms with Gasteiger partial charge in [-0.2, -0.15) is 5.10 Å². The molecule has 3 N–H and O–H groups in total. The topological polar surface area (TPSA) is 104 Å². The monoisotopic (exact) mass is 508 g/mol. The maximum Gasteiger partial charge on any atom is 0.329 e. The van der Waals surface area contributed by atoms with Crippen molar-refractivity contribution in [3.05, 3.63) is 24.2 Å². The number of nitrogens with zero attached hydrogens (tertiary/aromatic N) is 3. The number of hydrogen-bond donors (Lipinski definition) is 2. The molecular formula is C26H45N4O4P. The summed E-state index contributed by atoms with van der Waals surface area (Å²) in [5.41, 5.74) is 7.66. The molecule has 0 bridgehead atoms. The van der Waals surface area contributed by atoms with Crippen molar-refractivity contribution in [1.29, 1.82) is 0 Å². The molecule has 1 aliphatic rings. The molecular weight excluding hydrogens is 463 g/mol. The fourth-order valence-corrected chi connectivity index (χ4v) is 5.36. The lowest BCUT2D eigenvalue weighted by molar-refractivity contribution is 0.0103. The Morgan fingerprint density at radius 2 is 1.63 bits per heavy atom. The van der Waals surface area contributed by atoms with Crippen LogP contribution in [0.5, 0.6) is 0 Å². The lowest BCUT2D eigenvalue weighted by Gasteiger charge is -2.16. The van der Waals surface area contributed by atoms with Crippen molar-refractivity contribution in [3.8, 4) is 0 Å². The third-order valence-electron chi connectivity index (χ3n) is 6.77. The summed E-state index contributed by atoms with van der Waals surface area (Å²) in [6, 6.07) is 3.89. The number of hydrogen-bond acceptors (Lipinski definition) is 7. The second-order valence-corrected chi connectivity index (χ2v) is 10.6. The molecule has 2 aromatic rings. The van der Waals surface area contributed by atoms with Gasteiger partial charge in [0.05, 0.1) is 25.0 Å². The van der Waals surface area contributed by atoms with Gasteiger partial charge in [0.15, 0.2) is 5.82 Å². The molecule has 3 atom stereocenters. The van der Waals surface area contributed by atoms with Crippen molar-refractivity contribution in [1.82, 2.24) is 14.6 Å². The Balaban J connectivity index is 1.15. The van der Waals surface area contributed by atoms with Crippen LogP contribution in [0.15, 0.2) is 18.5 Å². The van der Waals surface area contributed by atoms with Crippen LogP contribution in [0.1, 0.15) is 115 Å². The predicted octanol–water partition coefficient (Wildman–Crippen LogP) is 6.88. The molecule has 3 rings (SSSR count). The molecule has 198 valence electrons. The summed E-state index contributed by atoms with van der Waals surface area (Å²) < 4.78 is 18.9. The molecule has 3 heterocycles. The molecule has 0 spiro atoms. The number of unbranched alkanes of at least 4 members (excludes halogenated alkanes) is 12. The van der Waals surface area contributed by atoms with E-state index in [1.165, 1.54) is 77.0 Å². The minimum absolute atomic E-state index is 0.0678. The number of nitrogens with two attached hydrogens (primary N) is 1. The maximum absolute atomic E-state index is 10.1. The summed E-state index contributed by atoms with van der Waals surface area (Å²) in [5, 5.41) is 4.29. The average molecular weight is 509 g/mol. The van der Waals surface area contributed by atoms with Crippen molar-refractivity contribution >= 4 is 19.9 Å². The summed E-state index contributed by atoms with van der Waals surface area (Å²) in [7, 11) is -1.85. The summed E-state index contributed by atoms with van der Waals surface area (Å²) in [4.78, 5) is 14.1. The first-order valence-electron chi connectivity index (χ1n) is 13.7. The van der Waals surface area contributed by atoms with E-state index in [1.54, 1.807) is 4.52 Å². The molecule has 8 nitrogen and oxygen atoms in total. The van der Waals surface area contributed by atoms with Crippen LogP contribution in [0.3, 0.4) is 0 Å². The van der Waals surface area contributed by atoms with Gasteiger partial charge in [-0.05, 0) is 31.4 Å². The van der Waals surface area contributed by atoms with Gasteiger partial charge < -0.3 is 24.4 Å². The fourth-order valence-electron chi connectivity index (χ4n) is 4.71. The van der Waals surface area contributed by atoms with E-state index in [-0.39, 0.29) is 12.2 Å². The Morgan fingerprint density at radius 3 is 2.31 bits per heavy atom. The Labute approximate surface area is 211 Å². The molecule has 0 aliphatic carbocycles. The van der Waals surface area contributed by atoms with Crippen molar-refractivity contribution < 1.29 is 18.7 Å². The van der Waals surface area contributed by atoms with E-state index in [0.717, 1.165) is 36.9 Å². The van der Waals surface area contributed by atoms with E-state index >= 15 is 0 Å². The zero-order valence-electron chi connectivity index (χ0n) is 21.4. The van der Waals surface area contributed by atoms with E-state index in [0.29, 0.717) is 19.0 Å². The Bertz CT molecular complexity index is 837. The van der Waals surface area contributed by atoms with Gasteiger partial charge in [0.2, 0.25) is 0 Å². The highest BCUT2D eigenvalue weighted by atomic mass is 31.2. The SMILES string of the molecule is CCCCCCCCCCCCCCCOP(O)OCC1CCC(c2ccc3c(N)ncnn23)O1. The first-order chi connectivity index (χ1) is 17.2. The zero-order chi connectivity index (χ0) is 24.7. The number of fused-ring (bicyclic) bond motifs is 1. The van der Waals surface area contributed by atoms with Crippen molar-refractivity contribution in [2.75, 3.05) is 18.9 Å². The first-order valence-corrected chi connectivity index (χ1v) is 14.8. The highest BCUT2D eigenvalue weighted by Gasteiger charge is 2.29. The van der Waals surface area contributed by atoms with Gasteiger partial charge in [-0.15, -0.1) is 0 Å². The highest BCUT2D eigenvalue weighted by Crippen LogP contribution is 2.38. The standard InChI is InChI=1S/C26H45N4O4P/c1-2-3-4-5-6-7-8-9-10-11-12-13-14-19-32-35(31)33-20-22-15-18-25(34-22)23-16-17-24-26(27)28-21-29-30(23)24/h16-17,21-22,25,31H,2-15,18-20H2,1H3,(H2,27,28,29). The second kappa shape index (κ2) is 16.4. The van der Waals surface area contributed by atoms with Crippen LogP contribution in [0.25, 0.3) is 5.52 Å². The third-order valence-corrected chi connectivity index (χ3v) is 7.54. The van der Waals surface area contributed by atoms with Crippen LogP contribution in [-0.2, 0) is 13.8 Å². The van der Waals surface area contributed by atoms with Crippen LogP contribution in [0.4, 0.5) is 5.82 Å². The van der Waals surface area contributed by atoms with Gasteiger partial charge in [0.1, 0.15) is 17.9 Å². The van der Waals surface area contributed by atoms with Gasteiger partial charge in [-0.1, -0.05) is 84.0 Å². The number of aromatic nitrogens is 3. The molecule has 1 saturated heterocycles. The lowest BCUT2D eigenvalue weighted by Crippen LogP contribution is -2.14. The van der Waals surface area contributed by atoms with Gasteiger partial charge >= 0.3 is 8.60 Å². The minimum atomic E-state index is -1.85. The van der Waals surface area contributed by atoms with E-state index in [9.17, 15) is 4.89 Å². The van der Waals surface area contributed by atoms with Crippen molar-refractivity contribution in [2.45, 2.75) is 115 Å². The van der Waals surface area contributed by atoms with Gasteiger partial charge in [-0.3, -0.25) is 0 Å². The smallest absolute Gasteiger partial charge is 0.329 e. The molecule has 3 unspecified atom stereocenters. The van der Waals surface area contributed by atoms with Gasteiger partial charge in [-0.25, -0.2) is 9.50 Å². The van der Waals surface area contributed by atoms with Crippen molar-refractivity contribution in [2.24, 2.45) is 0 Å². The lowest BCUT2D eigenvalue weighted by atomic mass is 10.0. The number of anilines is 1. The fraction of sp³-hybridized carbons (Fsp3) is 0.769. The summed E-state index contributed by atoms with van der Waals surface area (Å²) in [5.74, 6) is 0.454. The first kappa shape index (κ1) is 28.3. The third kappa shape index (κ3) is 9.93. The highest BCUT2D eigenvalue weighted by molar-refractivity contribution is 7.40. The second-order valence-electron chi connectivity index (χ2n) is 9.63. The van der Waals surface area contributed by atoms with E-state index in [2.05, 4.69) is 17.0 Å². The van der Waals surface area contributed by atoms with E-state index < -0.39 is 8.60 Å². The molecule has 0 amide bonds. The maximum atomic E-state index is 10.1. The largest absolute Gasteiger partial charge is 0.382 e. The molecule has 0 radical (unpaired) electrons. The molecule has 35 heavy (non-hydrogen) atoms. The molecule has 9 heteroatoms. The zero-order valence-corrected chi connectivity index (χ0v) is 22.3. The van der Waals surface area contributed by atoms with Crippen LogP contribution in [0, 0.1) is 0 Å². The van der Waals surface area contributed by atoms with Gasteiger partial charge in [0, 0.05) is 0 Å². The van der Waals surface area contributed by atoms with E-state index in [4.69, 9.17) is 19.5 Å². The summed E-state index contributed by atoms with van der Waals surface area (Å²) in [6.45, 7) is 3.15. The quantitative estimate of drug-likeness (QED) is 0.157. The molecule has 2 aromatic heterocycles. The molecule has 1 fully saturated rings. The molecule has 0 aromatic carbocycles. The minimum Gasteiger partial charge on any atom is -0.382 e. The molecule has 1 aliphatic heterocycles. The number of ether oxygens (including phenoxy) is 1. The van der Waals surface area contributed by atoms with Crippen LogP contribution in [-0.4, -0.2) is 38.8 Å². The van der Waals surface area contributed by atoms with Gasteiger partial charge in [0.25, 0.3) is 0 Å². The molecule has 0 saturated carbocycles.